The highest BCUT2D eigenvalue weighted by molar-refractivity contribution is 6.04. The minimum Gasteiger partial charge on any atom is -0.326 e. The van der Waals surface area contributed by atoms with Gasteiger partial charge in [-0.25, -0.2) is 0 Å². The summed E-state index contributed by atoms with van der Waals surface area (Å²) in [5.41, 5.74) is 3.16. The summed E-state index contributed by atoms with van der Waals surface area (Å²) in [4.78, 5) is 25.7. The van der Waals surface area contributed by atoms with Crippen molar-refractivity contribution in [2.24, 2.45) is 0 Å². The number of amides is 2. The van der Waals surface area contributed by atoms with E-state index in [1.165, 1.54) is 12.5 Å². The first-order valence-corrected chi connectivity index (χ1v) is 8.52. The molecule has 0 fully saturated rings. The maximum Gasteiger partial charge on any atom is 0.255 e. The van der Waals surface area contributed by atoms with E-state index in [1.54, 1.807) is 24.3 Å². The van der Waals surface area contributed by atoms with Crippen LogP contribution in [-0.2, 0) is 11.3 Å². The SMILES string of the molecule is CCN(CC)Cc1cccc(NC(=O)c2ccc(NC(C)=O)cc2)c1. The van der Waals surface area contributed by atoms with Crippen LogP contribution in [0.2, 0.25) is 0 Å². The zero-order chi connectivity index (χ0) is 18.2. The van der Waals surface area contributed by atoms with E-state index < -0.39 is 0 Å². The van der Waals surface area contributed by atoms with Crippen LogP contribution in [0.25, 0.3) is 0 Å². The predicted octanol–water partition coefficient (Wildman–Crippen LogP) is 3.74. The van der Waals surface area contributed by atoms with Crippen molar-refractivity contribution >= 4 is 23.2 Å². The van der Waals surface area contributed by atoms with Gasteiger partial charge in [-0.15, -0.1) is 0 Å². The molecule has 2 amide bonds. The number of hydrogen-bond donors (Lipinski definition) is 2. The summed E-state index contributed by atoms with van der Waals surface area (Å²) in [6.45, 7) is 8.58. The molecule has 0 radical (unpaired) electrons. The van der Waals surface area contributed by atoms with Gasteiger partial charge in [-0.1, -0.05) is 26.0 Å². The third-order valence-corrected chi connectivity index (χ3v) is 3.95. The molecular weight excluding hydrogens is 314 g/mol. The molecule has 0 bridgehead atoms. The van der Waals surface area contributed by atoms with Gasteiger partial charge in [0.15, 0.2) is 0 Å². The summed E-state index contributed by atoms with van der Waals surface area (Å²) in [6.07, 6.45) is 0. The van der Waals surface area contributed by atoms with Crippen molar-refractivity contribution in [3.8, 4) is 0 Å². The smallest absolute Gasteiger partial charge is 0.255 e. The molecule has 2 aromatic rings. The first-order chi connectivity index (χ1) is 12.0. The fourth-order valence-corrected chi connectivity index (χ4v) is 2.56. The molecule has 2 aromatic carbocycles. The van der Waals surface area contributed by atoms with E-state index in [-0.39, 0.29) is 11.8 Å². The van der Waals surface area contributed by atoms with Crippen LogP contribution in [0.3, 0.4) is 0 Å². The Kier molecular flexibility index (Phi) is 6.71. The topological polar surface area (TPSA) is 61.4 Å². The minimum atomic E-state index is -0.172. The molecular formula is C20H25N3O2. The minimum absolute atomic E-state index is 0.137. The van der Waals surface area contributed by atoms with Crippen LogP contribution in [0.15, 0.2) is 48.5 Å². The normalized spacial score (nSPS) is 10.6. The molecule has 5 nitrogen and oxygen atoms in total. The van der Waals surface area contributed by atoms with Crippen molar-refractivity contribution in [2.45, 2.75) is 27.3 Å². The van der Waals surface area contributed by atoms with Crippen molar-refractivity contribution in [3.63, 3.8) is 0 Å². The number of carbonyl (C=O) groups is 2. The molecule has 0 unspecified atom stereocenters. The lowest BCUT2D eigenvalue weighted by atomic mass is 10.1. The van der Waals surface area contributed by atoms with Gasteiger partial charge in [-0.3, -0.25) is 14.5 Å². The highest BCUT2D eigenvalue weighted by Crippen LogP contribution is 2.15. The van der Waals surface area contributed by atoms with E-state index in [0.29, 0.717) is 11.3 Å². The second-order valence-electron chi connectivity index (χ2n) is 5.87. The van der Waals surface area contributed by atoms with Crippen LogP contribution in [0, 0.1) is 0 Å². The maximum atomic E-state index is 12.4. The molecule has 0 aromatic heterocycles. The van der Waals surface area contributed by atoms with Gasteiger partial charge in [0.2, 0.25) is 5.91 Å². The molecule has 25 heavy (non-hydrogen) atoms. The van der Waals surface area contributed by atoms with Gasteiger partial charge in [-0.05, 0) is 55.1 Å². The molecule has 0 aliphatic rings. The lowest BCUT2D eigenvalue weighted by Crippen LogP contribution is -2.22. The highest BCUT2D eigenvalue weighted by atomic mass is 16.2. The number of benzene rings is 2. The van der Waals surface area contributed by atoms with Crippen molar-refractivity contribution in [2.75, 3.05) is 23.7 Å². The number of carbonyl (C=O) groups excluding carboxylic acids is 2. The third kappa shape index (κ3) is 5.72. The molecule has 0 saturated carbocycles. The average Bonchev–Trinajstić information content (AvgIpc) is 2.60. The van der Waals surface area contributed by atoms with Gasteiger partial charge in [0.1, 0.15) is 0 Å². The zero-order valence-corrected chi connectivity index (χ0v) is 15.0. The van der Waals surface area contributed by atoms with E-state index in [1.807, 2.05) is 18.2 Å². The van der Waals surface area contributed by atoms with Gasteiger partial charge < -0.3 is 10.6 Å². The van der Waals surface area contributed by atoms with E-state index in [2.05, 4.69) is 35.4 Å². The Morgan fingerprint density at radius 2 is 1.60 bits per heavy atom. The summed E-state index contributed by atoms with van der Waals surface area (Å²) in [5, 5.41) is 5.61. The Labute approximate surface area is 149 Å². The number of anilines is 2. The third-order valence-electron chi connectivity index (χ3n) is 3.95. The Morgan fingerprint density at radius 1 is 0.920 bits per heavy atom. The Balaban J connectivity index is 2.03. The molecule has 0 atom stereocenters. The number of hydrogen-bond acceptors (Lipinski definition) is 3. The van der Waals surface area contributed by atoms with Gasteiger partial charge in [0, 0.05) is 30.4 Å². The molecule has 0 saturated heterocycles. The van der Waals surface area contributed by atoms with E-state index in [4.69, 9.17) is 0 Å². The molecule has 0 heterocycles. The number of rotatable bonds is 7. The Hall–Kier alpha value is -2.66. The summed E-state index contributed by atoms with van der Waals surface area (Å²) in [6, 6.07) is 14.7. The van der Waals surface area contributed by atoms with Crippen LogP contribution >= 0.6 is 0 Å². The second-order valence-corrected chi connectivity index (χ2v) is 5.87. The average molecular weight is 339 g/mol. The molecule has 0 spiro atoms. The van der Waals surface area contributed by atoms with Crippen LogP contribution in [0.4, 0.5) is 11.4 Å². The standard InChI is InChI=1S/C20H25N3O2/c1-4-23(5-2)14-16-7-6-8-19(13-16)22-20(25)17-9-11-18(12-10-17)21-15(3)24/h6-13H,4-5,14H2,1-3H3,(H,21,24)(H,22,25). The van der Waals surface area contributed by atoms with Gasteiger partial charge in [0.25, 0.3) is 5.91 Å². The lowest BCUT2D eigenvalue weighted by Gasteiger charge is -2.18. The Morgan fingerprint density at radius 3 is 2.20 bits per heavy atom. The monoisotopic (exact) mass is 339 g/mol. The fourth-order valence-electron chi connectivity index (χ4n) is 2.56. The van der Waals surface area contributed by atoms with E-state index in [9.17, 15) is 9.59 Å². The van der Waals surface area contributed by atoms with Crippen LogP contribution in [-0.4, -0.2) is 29.8 Å². The molecule has 2 N–H and O–H groups in total. The van der Waals surface area contributed by atoms with Crippen LogP contribution in [0.1, 0.15) is 36.7 Å². The summed E-state index contributed by atoms with van der Waals surface area (Å²) in [7, 11) is 0. The quantitative estimate of drug-likeness (QED) is 0.808. The maximum absolute atomic E-state index is 12.4. The molecule has 5 heteroatoms. The zero-order valence-electron chi connectivity index (χ0n) is 15.0. The van der Waals surface area contributed by atoms with Crippen molar-refractivity contribution in [3.05, 3.63) is 59.7 Å². The van der Waals surface area contributed by atoms with Crippen molar-refractivity contribution < 1.29 is 9.59 Å². The fraction of sp³-hybridized carbons (Fsp3) is 0.300. The van der Waals surface area contributed by atoms with Crippen molar-refractivity contribution in [1.82, 2.24) is 4.90 Å². The lowest BCUT2D eigenvalue weighted by molar-refractivity contribution is -0.114. The van der Waals surface area contributed by atoms with Crippen molar-refractivity contribution in [1.29, 1.82) is 0 Å². The summed E-state index contributed by atoms with van der Waals surface area (Å²) in [5.74, 6) is -0.309. The van der Waals surface area contributed by atoms with Gasteiger partial charge in [-0.2, -0.15) is 0 Å². The number of nitrogens with one attached hydrogen (secondary N) is 2. The largest absolute Gasteiger partial charge is 0.326 e. The summed E-state index contributed by atoms with van der Waals surface area (Å²) >= 11 is 0. The molecule has 0 aliphatic carbocycles. The van der Waals surface area contributed by atoms with Gasteiger partial charge >= 0.3 is 0 Å². The van der Waals surface area contributed by atoms with Gasteiger partial charge in [0.05, 0.1) is 0 Å². The van der Waals surface area contributed by atoms with E-state index >= 15 is 0 Å². The second kappa shape index (κ2) is 8.99. The molecule has 0 aliphatic heterocycles. The highest BCUT2D eigenvalue weighted by Gasteiger charge is 2.08. The Bertz CT molecular complexity index is 722. The molecule has 2 rings (SSSR count). The summed E-state index contributed by atoms with van der Waals surface area (Å²) < 4.78 is 0. The first-order valence-electron chi connectivity index (χ1n) is 8.52. The number of nitrogens with zero attached hydrogens (tertiary/aromatic N) is 1. The molecule has 132 valence electrons. The predicted molar refractivity (Wildman–Crippen MR) is 102 cm³/mol. The van der Waals surface area contributed by atoms with Crippen LogP contribution < -0.4 is 10.6 Å². The first kappa shape index (κ1) is 18.7. The van der Waals surface area contributed by atoms with E-state index in [0.717, 1.165) is 25.3 Å². The van der Waals surface area contributed by atoms with Crippen LogP contribution in [0.5, 0.6) is 0 Å².